The second-order valence-electron chi connectivity index (χ2n) is 4.76. The highest BCUT2D eigenvalue weighted by molar-refractivity contribution is 5.67. The lowest BCUT2D eigenvalue weighted by Crippen LogP contribution is -2.06. The van der Waals surface area contributed by atoms with Crippen LogP contribution < -0.4 is 4.74 Å². The van der Waals surface area contributed by atoms with Crippen molar-refractivity contribution in [1.29, 1.82) is 0 Å². The first kappa shape index (κ1) is 11.3. The van der Waals surface area contributed by atoms with Crippen molar-refractivity contribution in [3.05, 3.63) is 60.3 Å². The molecule has 1 heterocycles. The summed E-state index contributed by atoms with van der Waals surface area (Å²) in [5.41, 5.74) is 4.00. The number of ether oxygens (including phenoxy) is 1. The first-order valence-corrected chi connectivity index (χ1v) is 6.02. The summed E-state index contributed by atoms with van der Waals surface area (Å²) in [5, 5.41) is 0. The fraction of sp³-hybridized carbons (Fsp3) is 0.188. The van der Waals surface area contributed by atoms with E-state index in [1.165, 1.54) is 11.6 Å². The Hall–Kier alpha value is -1.83. The molecule has 0 saturated carbocycles. The first-order valence-electron chi connectivity index (χ1n) is 6.02. The third-order valence-electron chi connectivity index (χ3n) is 3.20. The number of benzene rings is 2. The normalized spacial score (nSPS) is 17.4. The molecule has 1 unspecified atom stereocenters. The highest BCUT2D eigenvalue weighted by Gasteiger charge is 2.23. The number of rotatable bonds is 1. The molecule has 1 aliphatic heterocycles. The molecule has 0 aliphatic carbocycles. The maximum absolute atomic E-state index is 14.0. The van der Waals surface area contributed by atoms with Crippen molar-refractivity contribution >= 4 is 0 Å². The Morgan fingerprint density at radius 3 is 2.83 bits per heavy atom. The van der Waals surface area contributed by atoms with Gasteiger partial charge in [-0.15, -0.1) is 0 Å². The van der Waals surface area contributed by atoms with E-state index >= 15 is 0 Å². The molecule has 1 radical (unpaired) electrons. The van der Waals surface area contributed by atoms with E-state index in [2.05, 4.69) is 13.0 Å². The molecule has 0 amide bonds. The zero-order valence-corrected chi connectivity index (χ0v) is 10.2. The average Bonchev–Trinajstić information content (AvgIpc) is 2.70. The van der Waals surface area contributed by atoms with E-state index in [0.29, 0.717) is 12.2 Å². The summed E-state index contributed by atoms with van der Waals surface area (Å²) in [5.74, 6) is 0.0709. The van der Waals surface area contributed by atoms with Crippen LogP contribution in [0, 0.1) is 19.7 Å². The number of halogens is 1. The highest BCUT2D eigenvalue weighted by atomic mass is 19.1. The largest absolute Gasteiger partial charge is 0.487 e. The summed E-state index contributed by atoms with van der Waals surface area (Å²) in [6.07, 6.45) is 0.494. The second kappa shape index (κ2) is 4.13. The number of hydrogen-bond acceptors (Lipinski definition) is 1. The lowest BCUT2D eigenvalue weighted by molar-refractivity contribution is 0.269. The van der Waals surface area contributed by atoms with Crippen LogP contribution in [0.25, 0.3) is 11.1 Å². The number of hydrogen-bond donors (Lipinski definition) is 0. The van der Waals surface area contributed by atoms with E-state index in [9.17, 15) is 4.39 Å². The van der Waals surface area contributed by atoms with Crippen LogP contribution in [0.15, 0.2) is 36.4 Å². The minimum atomic E-state index is -0.296. The molecule has 2 aromatic rings. The Morgan fingerprint density at radius 2 is 2.06 bits per heavy atom. The molecule has 0 saturated heterocycles. The fourth-order valence-electron chi connectivity index (χ4n) is 2.38. The Balaban J connectivity index is 2.10. The summed E-state index contributed by atoms with van der Waals surface area (Å²) in [6, 6.07) is 11.6. The van der Waals surface area contributed by atoms with Gasteiger partial charge in [-0.05, 0) is 37.1 Å². The molecule has 0 spiro atoms. The Kier molecular flexibility index (Phi) is 2.58. The van der Waals surface area contributed by atoms with Crippen LogP contribution in [-0.2, 0) is 6.42 Å². The van der Waals surface area contributed by atoms with Crippen molar-refractivity contribution < 1.29 is 9.13 Å². The van der Waals surface area contributed by atoms with Crippen molar-refractivity contribution in [2.24, 2.45) is 0 Å². The topological polar surface area (TPSA) is 9.23 Å². The fourth-order valence-corrected chi connectivity index (χ4v) is 2.38. The molecular weight excluding hydrogens is 227 g/mol. The zero-order valence-electron chi connectivity index (χ0n) is 10.2. The number of fused-ring (bicyclic) bond motifs is 1. The summed E-state index contributed by atoms with van der Waals surface area (Å²) < 4.78 is 19.3. The summed E-state index contributed by atoms with van der Waals surface area (Å²) in [4.78, 5) is 0. The van der Waals surface area contributed by atoms with Gasteiger partial charge in [0.1, 0.15) is 6.10 Å². The van der Waals surface area contributed by atoms with E-state index in [1.54, 1.807) is 0 Å². The maximum Gasteiger partial charge on any atom is 0.165 e. The molecule has 2 heteroatoms. The van der Waals surface area contributed by atoms with Gasteiger partial charge in [-0.2, -0.15) is 0 Å². The Labute approximate surface area is 106 Å². The van der Waals surface area contributed by atoms with Crippen LogP contribution in [-0.4, -0.2) is 6.10 Å². The average molecular weight is 241 g/mol. The van der Waals surface area contributed by atoms with Gasteiger partial charge in [0.05, 0.1) is 0 Å². The molecule has 3 rings (SSSR count). The molecule has 0 bridgehead atoms. The van der Waals surface area contributed by atoms with E-state index < -0.39 is 0 Å². The molecule has 91 valence electrons. The quantitative estimate of drug-likeness (QED) is 0.734. The van der Waals surface area contributed by atoms with Crippen LogP contribution in [0.4, 0.5) is 4.39 Å². The van der Waals surface area contributed by atoms with E-state index in [0.717, 1.165) is 16.7 Å². The van der Waals surface area contributed by atoms with Crippen LogP contribution in [0.5, 0.6) is 5.75 Å². The van der Waals surface area contributed by atoms with E-state index in [1.807, 2.05) is 31.2 Å². The SMILES string of the molecule is [CH2]C1Cc2cc(-c3cccc(C)c3)cc(F)c2O1. The lowest BCUT2D eigenvalue weighted by atomic mass is 9.99. The monoisotopic (exact) mass is 241 g/mol. The van der Waals surface area contributed by atoms with Gasteiger partial charge in [-0.1, -0.05) is 29.8 Å². The predicted molar refractivity (Wildman–Crippen MR) is 70.1 cm³/mol. The maximum atomic E-state index is 14.0. The summed E-state index contributed by atoms with van der Waals surface area (Å²) in [7, 11) is 0. The molecule has 2 aromatic carbocycles. The molecule has 1 nitrogen and oxygen atoms in total. The van der Waals surface area contributed by atoms with Gasteiger partial charge in [-0.3, -0.25) is 0 Å². The van der Waals surface area contributed by atoms with Gasteiger partial charge in [0, 0.05) is 12.0 Å². The molecule has 1 aliphatic rings. The Bertz CT molecular complexity index is 604. The minimum absolute atomic E-state index is 0.178. The van der Waals surface area contributed by atoms with Gasteiger partial charge >= 0.3 is 0 Å². The van der Waals surface area contributed by atoms with Crippen molar-refractivity contribution in [1.82, 2.24) is 0 Å². The van der Waals surface area contributed by atoms with Crippen LogP contribution >= 0.6 is 0 Å². The zero-order chi connectivity index (χ0) is 12.7. The van der Waals surface area contributed by atoms with Crippen molar-refractivity contribution in [2.75, 3.05) is 0 Å². The van der Waals surface area contributed by atoms with Gasteiger partial charge in [0.2, 0.25) is 0 Å². The van der Waals surface area contributed by atoms with Gasteiger partial charge in [0.25, 0.3) is 0 Å². The van der Waals surface area contributed by atoms with Crippen molar-refractivity contribution in [3.8, 4) is 16.9 Å². The Morgan fingerprint density at radius 1 is 1.22 bits per heavy atom. The van der Waals surface area contributed by atoms with Gasteiger partial charge < -0.3 is 4.74 Å². The van der Waals surface area contributed by atoms with Crippen LogP contribution in [0.2, 0.25) is 0 Å². The molecule has 1 atom stereocenters. The van der Waals surface area contributed by atoms with Gasteiger partial charge in [0.15, 0.2) is 11.6 Å². The lowest BCUT2D eigenvalue weighted by Gasteiger charge is -2.07. The van der Waals surface area contributed by atoms with E-state index in [-0.39, 0.29) is 11.9 Å². The minimum Gasteiger partial charge on any atom is -0.487 e. The standard InChI is InChI=1S/C16H14FO/c1-10-4-3-5-12(6-10)13-8-14-7-11(2)18-16(14)15(17)9-13/h3-6,8-9,11H,2,7H2,1H3. The first-order chi connectivity index (χ1) is 8.63. The smallest absolute Gasteiger partial charge is 0.165 e. The molecule has 0 aromatic heterocycles. The third-order valence-corrected chi connectivity index (χ3v) is 3.20. The second-order valence-corrected chi connectivity index (χ2v) is 4.76. The molecule has 18 heavy (non-hydrogen) atoms. The van der Waals surface area contributed by atoms with Crippen molar-refractivity contribution in [2.45, 2.75) is 19.4 Å². The summed E-state index contributed by atoms with van der Waals surface area (Å²) in [6.45, 7) is 5.85. The number of aryl methyl sites for hydroxylation is 1. The third kappa shape index (κ3) is 1.88. The van der Waals surface area contributed by atoms with Crippen LogP contribution in [0.1, 0.15) is 11.1 Å². The molecule has 0 fully saturated rings. The molecular formula is C16H14FO. The molecule has 0 N–H and O–H groups in total. The summed E-state index contributed by atoms with van der Waals surface area (Å²) >= 11 is 0. The van der Waals surface area contributed by atoms with E-state index in [4.69, 9.17) is 4.74 Å². The van der Waals surface area contributed by atoms with Crippen LogP contribution in [0.3, 0.4) is 0 Å². The van der Waals surface area contributed by atoms with Crippen molar-refractivity contribution in [3.63, 3.8) is 0 Å². The van der Waals surface area contributed by atoms with Gasteiger partial charge in [-0.25, -0.2) is 4.39 Å². The highest BCUT2D eigenvalue weighted by Crippen LogP contribution is 2.35. The predicted octanol–water partition coefficient (Wildman–Crippen LogP) is 3.94.